The van der Waals surface area contributed by atoms with Crippen molar-refractivity contribution in [1.82, 2.24) is 0 Å². The van der Waals surface area contributed by atoms with Crippen LogP contribution in [-0.2, 0) is 47.4 Å². The van der Waals surface area contributed by atoms with Crippen molar-refractivity contribution in [2.24, 2.45) is 0 Å². The smallest absolute Gasteiger partial charge is 0.338 e. The van der Waals surface area contributed by atoms with E-state index in [-0.39, 0.29) is 6.61 Å². The van der Waals surface area contributed by atoms with Crippen LogP contribution in [0.4, 0.5) is 0 Å². The van der Waals surface area contributed by atoms with Crippen molar-refractivity contribution >= 4 is 11.9 Å². The van der Waals surface area contributed by atoms with Crippen LogP contribution >= 0.6 is 0 Å². The molecule has 0 amide bonds. The summed E-state index contributed by atoms with van der Waals surface area (Å²) < 4.78 is 53.6. The summed E-state index contributed by atoms with van der Waals surface area (Å²) >= 11 is 0. The highest BCUT2D eigenvalue weighted by molar-refractivity contribution is 5.89. The Balaban J connectivity index is 1.43. The van der Waals surface area contributed by atoms with E-state index in [0.717, 1.165) is 0 Å². The molecule has 1 N–H and O–H groups in total. The zero-order valence-corrected chi connectivity index (χ0v) is 22.8. The molecule has 12 nitrogen and oxygen atoms in total. The summed E-state index contributed by atoms with van der Waals surface area (Å²) in [6.45, 7) is 10.0. The molecule has 1 unspecified atom stereocenters. The lowest BCUT2D eigenvalue weighted by molar-refractivity contribution is -0.396. The van der Waals surface area contributed by atoms with Gasteiger partial charge in [-0.25, -0.2) is 4.79 Å². The molecule has 0 saturated carbocycles. The first kappa shape index (κ1) is 28.4. The minimum atomic E-state index is -1.52. The van der Waals surface area contributed by atoms with E-state index < -0.39 is 84.9 Å². The molecule has 39 heavy (non-hydrogen) atoms. The lowest BCUT2D eigenvalue weighted by Gasteiger charge is -2.50. The van der Waals surface area contributed by atoms with Gasteiger partial charge in [0.1, 0.15) is 24.4 Å². The number of rotatable bonds is 5. The van der Waals surface area contributed by atoms with E-state index in [1.54, 1.807) is 65.0 Å². The summed E-state index contributed by atoms with van der Waals surface area (Å²) in [7, 11) is 0. The van der Waals surface area contributed by atoms with E-state index in [2.05, 4.69) is 0 Å². The van der Waals surface area contributed by atoms with E-state index in [9.17, 15) is 14.7 Å². The second kappa shape index (κ2) is 10.7. The molecule has 4 aliphatic heterocycles. The number of aliphatic hydroxyl groups excluding tert-OH is 1. The van der Waals surface area contributed by atoms with E-state index in [1.807, 2.05) is 0 Å². The first-order chi connectivity index (χ1) is 18.3. The van der Waals surface area contributed by atoms with Gasteiger partial charge in [-0.15, -0.1) is 0 Å². The van der Waals surface area contributed by atoms with Gasteiger partial charge in [0.05, 0.1) is 18.3 Å². The summed E-state index contributed by atoms with van der Waals surface area (Å²) in [4.78, 5) is 24.9. The highest BCUT2D eigenvalue weighted by atomic mass is 16.8. The van der Waals surface area contributed by atoms with Crippen molar-refractivity contribution in [2.75, 3.05) is 6.61 Å². The minimum absolute atomic E-state index is 0.109. The van der Waals surface area contributed by atoms with Gasteiger partial charge < -0.3 is 47.7 Å². The summed E-state index contributed by atoms with van der Waals surface area (Å²) in [5.41, 5.74) is 0.321. The molecule has 4 fully saturated rings. The SMILES string of the molecule is CC(=O)O[C@@H]1[C@H]2OC(C)(C)O[C@H]2[C@H](O[C@H]2C(O)O[C@@H]3COC(C)(C)O[C@@H]3[C@@H]2OC(=O)c2ccccc2)O[C@H]1C. The molecule has 0 aliphatic carbocycles. The van der Waals surface area contributed by atoms with E-state index in [0.29, 0.717) is 5.56 Å². The zero-order chi connectivity index (χ0) is 28.1. The number of ether oxygens (including phenoxy) is 9. The maximum Gasteiger partial charge on any atom is 0.338 e. The molecule has 12 heteroatoms. The fraction of sp³-hybridized carbons (Fsp3) is 0.704. The summed E-state index contributed by atoms with van der Waals surface area (Å²) in [6.07, 6.45) is -9.43. The number of hydrogen-bond donors (Lipinski definition) is 1. The zero-order valence-electron chi connectivity index (χ0n) is 22.8. The molecular weight excluding hydrogens is 516 g/mol. The predicted octanol–water partition coefficient (Wildman–Crippen LogP) is 1.66. The highest BCUT2D eigenvalue weighted by Crippen LogP contribution is 2.41. The fourth-order valence-corrected chi connectivity index (χ4v) is 5.40. The Bertz CT molecular complexity index is 1040. The summed E-state index contributed by atoms with van der Waals surface area (Å²) in [5.74, 6) is -3.14. The largest absolute Gasteiger partial charge is 0.457 e. The third-order valence-corrected chi connectivity index (χ3v) is 7.04. The molecule has 0 radical (unpaired) electrons. The van der Waals surface area contributed by atoms with Crippen LogP contribution in [0.5, 0.6) is 0 Å². The number of hydrogen-bond acceptors (Lipinski definition) is 12. The van der Waals surface area contributed by atoms with Crippen LogP contribution in [0.1, 0.15) is 51.9 Å². The third kappa shape index (κ3) is 5.98. The maximum absolute atomic E-state index is 13.1. The molecule has 10 atom stereocenters. The molecule has 4 saturated heterocycles. The van der Waals surface area contributed by atoms with E-state index in [4.69, 9.17) is 42.6 Å². The molecule has 1 aromatic carbocycles. The number of carbonyl (C=O) groups is 2. The van der Waals surface area contributed by atoms with Gasteiger partial charge in [-0.05, 0) is 46.8 Å². The van der Waals surface area contributed by atoms with Crippen molar-refractivity contribution in [3.8, 4) is 0 Å². The third-order valence-electron chi connectivity index (χ3n) is 7.04. The normalized spacial score (nSPS) is 40.7. The second-order valence-electron chi connectivity index (χ2n) is 11.0. The predicted molar refractivity (Wildman–Crippen MR) is 130 cm³/mol. The molecule has 4 aliphatic rings. The van der Waals surface area contributed by atoms with Crippen molar-refractivity contribution in [1.29, 1.82) is 0 Å². The first-order valence-corrected chi connectivity index (χ1v) is 13.1. The van der Waals surface area contributed by atoms with Gasteiger partial charge in [-0.1, -0.05) is 18.2 Å². The van der Waals surface area contributed by atoms with Gasteiger partial charge in [0.25, 0.3) is 0 Å². The van der Waals surface area contributed by atoms with Crippen LogP contribution in [0.2, 0.25) is 0 Å². The van der Waals surface area contributed by atoms with E-state index in [1.165, 1.54) is 6.92 Å². The van der Waals surface area contributed by atoms with Crippen LogP contribution in [0.3, 0.4) is 0 Å². The van der Waals surface area contributed by atoms with Crippen LogP contribution < -0.4 is 0 Å². The lowest BCUT2D eigenvalue weighted by atomic mass is 9.96. The Hall–Kier alpha value is -2.16. The van der Waals surface area contributed by atoms with Crippen LogP contribution in [-0.4, -0.2) is 96.6 Å². The molecule has 0 aromatic heterocycles. The Morgan fingerprint density at radius 3 is 2.23 bits per heavy atom. The van der Waals surface area contributed by atoms with Crippen molar-refractivity contribution in [2.45, 2.75) is 115 Å². The molecule has 0 spiro atoms. The summed E-state index contributed by atoms with van der Waals surface area (Å²) in [6, 6.07) is 8.47. The summed E-state index contributed by atoms with van der Waals surface area (Å²) in [5, 5.41) is 11.1. The molecule has 4 heterocycles. The number of benzene rings is 1. The fourth-order valence-electron chi connectivity index (χ4n) is 5.40. The topological polar surface area (TPSA) is 137 Å². The molecule has 1 aromatic rings. The average Bonchev–Trinajstić information content (AvgIpc) is 3.19. The number of carbonyl (C=O) groups excluding carboxylic acids is 2. The van der Waals surface area contributed by atoms with Crippen LogP contribution in [0, 0.1) is 0 Å². The highest BCUT2D eigenvalue weighted by Gasteiger charge is 2.59. The van der Waals surface area contributed by atoms with Gasteiger partial charge in [0, 0.05) is 6.92 Å². The Labute approximate surface area is 226 Å². The van der Waals surface area contributed by atoms with Crippen molar-refractivity contribution < 1.29 is 57.3 Å². The number of fused-ring (bicyclic) bond motifs is 2. The molecule has 216 valence electrons. The van der Waals surface area contributed by atoms with Gasteiger partial charge in [0.2, 0.25) is 0 Å². The molecule has 0 bridgehead atoms. The quantitative estimate of drug-likeness (QED) is 0.532. The molecular formula is C27H36O12. The second-order valence-corrected chi connectivity index (χ2v) is 11.0. The first-order valence-electron chi connectivity index (χ1n) is 13.1. The number of aliphatic hydroxyl groups is 1. The monoisotopic (exact) mass is 552 g/mol. The van der Waals surface area contributed by atoms with E-state index >= 15 is 0 Å². The maximum atomic E-state index is 13.1. The van der Waals surface area contributed by atoms with Crippen LogP contribution in [0.25, 0.3) is 0 Å². The lowest BCUT2D eigenvalue weighted by Crippen LogP contribution is -2.67. The Kier molecular flexibility index (Phi) is 7.77. The molecule has 5 rings (SSSR count). The van der Waals surface area contributed by atoms with Crippen molar-refractivity contribution in [3.63, 3.8) is 0 Å². The standard InChI is InChI=1S/C27H36O12/c1-13-17(33-14(2)28)20-22(39-27(5,6)38-20)25(32-13)36-21-19(35-23(29)15-10-8-7-9-11-15)18-16(34-24(21)30)12-31-26(3,4)37-18/h7-11,13,16-22,24-25,30H,12H2,1-6H3/t13-,16+,17-,18-,19-,20+,21+,22+,24?,25-/m0/s1. The van der Waals surface area contributed by atoms with Gasteiger partial charge >= 0.3 is 11.9 Å². The van der Waals surface area contributed by atoms with Gasteiger partial charge in [0.15, 0.2) is 42.5 Å². The van der Waals surface area contributed by atoms with Gasteiger partial charge in [-0.2, -0.15) is 0 Å². The Morgan fingerprint density at radius 2 is 1.54 bits per heavy atom. The minimum Gasteiger partial charge on any atom is -0.457 e. The Morgan fingerprint density at radius 1 is 0.872 bits per heavy atom. The average molecular weight is 553 g/mol. The number of esters is 2. The van der Waals surface area contributed by atoms with Gasteiger partial charge in [-0.3, -0.25) is 4.79 Å². The van der Waals surface area contributed by atoms with Crippen molar-refractivity contribution in [3.05, 3.63) is 35.9 Å². The van der Waals surface area contributed by atoms with Crippen LogP contribution in [0.15, 0.2) is 30.3 Å².